The molecule has 2 atom stereocenters. The molecule has 5 nitrogen and oxygen atoms in total. The summed E-state index contributed by atoms with van der Waals surface area (Å²) >= 11 is 1.71. The van der Waals surface area contributed by atoms with Crippen molar-refractivity contribution in [3.8, 4) is 0 Å². The number of nitrogens with zero attached hydrogens (tertiary/aromatic N) is 2. The largest absolute Gasteiger partial charge is 0.391 e. The van der Waals surface area contributed by atoms with Crippen LogP contribution in [0.25, 0.3) is 0 Å². The highest BCUT2D eigenvalue weighted by atomic mass is 32.2. The summed E-state index contributed by atoms with van der Waals surface area (Å²) in [6.07, 6.45) is 1.20. The van der Waals surface area contributed by atoms with Crippen molar-refractivity contribution in [1.82, 2.24) is 10.1 Å². The summed E-state index contributed by atoms with van der Waals surface area (Å²) in [6.45, 7) is 4.09. The van der Waals surface area contributed by atoms with Crippen LogP contribution in [0.4, 0.5) is 0 Å². The normalized spacial score (nSPS) is 24.7. The first-order valence-corrected chi connectivity index (χ1v) is 7.47. The van der Waals surface area contributed by atoms with Crippen molar-refractivity contribution < 1.29 is 14.4 Å². The summed E-state index contributed by atoms with van der Waals surface area (Å²) in [7, 11) is 1.67. The molecule has 6 heteroatoms. The molecule has 0 radical (unpaired) electrons. The number of aromatic nitrogens is 2. The van der Waals surface area contributed by atoms with Crippen LogP contribution in [0.2, 0.25) is 0 Å². The monoisotopic (exact) mass is 272 g/mol. The topological polar surface area (TPSA) is 68.4 Å². The summed E-state index contributed by atoms with van der Waals surface area (Å²) in [5.41, 5.74) is -0.474. The predicted molar refractivity (Wildman–Crippen MR) is 69.6 cm³/mol. The maximum Gasteiger partial charge on any atom is 0.233 e. The van der Waals surface area contributed by atoms with Crippen molar-refractivity contribution in [3.63, 3.8) is 0 Å². The standard InChI is InChI=1S/C12H20N2O3S/c1-4-12(5-2,16-3)11-13-10(17-14-11)8-6-18-7-9(8)15/h8-9,15H,4-7H2,1-3H3. The van der Waals surface area contributed by atoms with Crippen molar-refractivity contribution in [1.29, 1.82) is 0 Å². The fourth-order valence-corrected chi connectivity index (χ4v) is 3.52. The smallest absolute Gasteiger partial charge is 0.233 e. The van der Waals surface area contributed by atoms with E-state index >= 15 is 0 Å². The number of ether oxygens (including phenoxy) is 1. The highest BCUT2D eigenvalue weighted by Gasteiger charge is 2.37. The molecule has 1 aliphatic rings. The number of hydrogen-bond donors (Lipinski definition) is 1. The number of hydrogen-bond acceptors (Lipinski definition) is 6. The molecular weight excluding hydrogens is 252 g/mol. The van der Waals surface area contributed by atoms with Crippen LogP contribution in [-0.2, 0) is 10.3 Å². The summed E-state index contributed by atoms with van der Waals surface area (Å²) in [4.78, 5) is 4.45. The molecular formula is C12H20N2O3S. The second-order valence-corrected chi connectivity index (χ2v) is 5.65. The van der Waals surface area contributed by atoms with Crippen LogP contribution in [0.15, 0.2) is 4.52 Å². The van der Waals surface area contributed by atoms with E-state index in [0.717, 1.165) is 24.3 Å². The number of thioether (sulfide) groups is 1. The van der Waals surface area contributed by atoms with Crippen LogP contribution in [-0.4, -0.2) is 40.0 Å². The fourth-order valence-electron chi connectivity index (χ4n) is 2.30. The van der Waals surface area contributed by atoms with Gasteiger partial charge in [0.25, 0.3) is 0 Å². The Morgan fingerprint density at radius 3 is 2.67 bits per heavy atom. The molecule has 1 N–H and O–H groups in total. The van der Waals surface area contributed by atoms with E-state index in [0.29, 0.717) is 11.7 Å². The Balaban J connectivity index is 2.24. The number of aliphatic hydroxyl groups excluding tert-OH is 1. The van der Waals surface area contributed by atoms with Gasteiger partial charge in [-0.1, -0.05) is 19.0 Å². The van der Waals surface area contributed by atoms with Gasteiger partial charge in [-0.05, 0) is 12.8 Å². The van der Waals surface area contributed by atoms with Gasteiger partial charge in [-0.15, -0.1) is 0 Å². The molecule has 0 amide bonds. The van der Waals surface area contributed by atoms with Gasteiger partial charge in [-0.3, -0.25) is 0 Å². The quantitative estimate of drug-likeness (QED) is 0.883. The van der Waals surface area contributed by atoms with E-state index in [1.54, 1.807) is 18.9 Å². The van der Waals surface area contributed by atoms with Crippen LogP contribution in [0.5, 0.6) is 0 Å². The van der Waals surface area contributed by atoms with Crippen LogP contribution >= 0.6 is 11.8 Å². The molecule has 18 heavy (non-hydrogen) atoms. The second kappa shape index (κ2) is 5.59. The van der Waals surface area contributed by atoms with Crippen LogP contribution in [0, 0.1) is 0 Å². The zero-order valence-corrected chi connectivity index (χ0v) is 11.9. The van der Waals surface area contributed by atoms with Gasteiger partial charge in [0.05, 0.1) is 12.0 Å². The van der Waals surface area contributed by atoms with Crippen molar-refractivity contribution in [2.45, 2.75) is 44.3 Å². The molecule has 0 aromatic carbocycles. The van der Waals surface area contributed by atoms with Gasteiger partial charge in [-0.2, -0.15) is 16.7 Å². The minimum Gasteiger partial charge on any atom is -0.391 e. The van der Waals surface area contributed by atoms with Gasteiger partial charge in [0, 0.05) is 18.6 Å². The molecule has 2 heterocycles. The second-order valence-electron chi connectivity index (χ2n) is 4.57. The summed E-state index contributed by atoms with van der Waals surface area (Å²) in [5.74, 6) is 2.65. The zero-order valence-electron chi connectivity index (χ0n) is 11.0. The molecule has 1 aliphatic heterocycles. The van der Waals surface area contributed by atoms with E-state index in [1.807, 2.05) is 13.8 Å². The number of aliphatic hydroxyl groups is 1. The molecule has 102 valence electrons. The third-order valence-corrected chi connectivity index (χ3v) is 4.92. The minimum atomic E-state index is -0.474. The maximum atomic E-state index is 9.85. The SMILES string of the molecule is CCC(CC)(OC)c1noc(C2CSCC2O)n1. The molecule has 1 aromatic rings. The fraction of sp³-hybridized carbons (Fsp3) is 0.833. The van der Waals surface area contributed by atoms with E-state index in [2.05, 4.69) is 10.1 Å². The Labute approximate surface area is 111 Å². The van der Waals surface area contributed by atoms with E-state index in [4.69, 9.17) is 9.26 Å². The molecule has 2 unspecified atom stereocenters. The highest BCUT2D eigenvalue weighted by Crippen LogP contribution is 2.35. The molecule has 2 rings (SSSR count). The van der Waals surface area contributed by atoms with Crippen molar-refractivity contribution in [2.24, 2.45) is 0 Å². The molecule has 1 aromatic heterocycles. The van der Waals surface area contributed by atoms with Gasteiger partial charge in [0.15, 0.2) is 0 Å². The van der Waals surface area contributed by atoms with Crippen LogP contribution in [0.3, 0.4) is 0 Å². The summed E-state index contributed by atoms with van der Waals surface area (Å²) < 4.78 is 10.9. The van der Waals surface area contributed by atoms with E-state index in [1.165, 1.54) is 0 Å². The van der Waals surface area contributed by atoms with Gasteiger partial charge in [0.1, 0.15) is 5.60 Å². The Hall–Kier alpha value is -0.590. The first kappa shape index (κ1) is 13.8. The predicted octanol–water partition coefficient (Wildman–Crippen LogP) is 1.92. The molecule has 0 saturated carbocycles. The van der Waals surface area contributed by atoms with Crippen LogP contribution in [0.1, 0.15) is 44.3 Å². The lowest BCUT2D eigenvalue weighted by molar-refractivity contribution is -0.0306. The molecule has 1 fully saturated rings. The third-order valence-electron chi connectivity index (χ3n) is 3.75. The maximum absolute atomic E-state index is 9.85. The lowest BCUT2D eigenvalue weighted by Gasteiger charge is -2.25. The Bertz CT molecular complexity index is 384. The number of rotatable bonds is 5. The Morgan fingerprint density at radius 2 is 2.17 bits per heavy atom. The van der Waals surface area contributed by atoms with E-state index in [9.17, 15) is 5.11 Å². The van der Waals surface area contributed by atoms with Crippen LogP contribution < -0.4 is 0 Å². The highest BCUT2D eigenvalue weighted by molar-refractivity contribution is 7.99. The average molecular weight is 272 g/mol. The van der Waals surface area contributed by atoms with Crippen molar-refractivity contribution in [2.75, 3.05) is 18.6 Å². The first-order valence-electron chi connectivity index (χ1n) is 6.32. The Kier molecular flexibility index (Phi) is 4.29. The minimum absolute atomic E-state index is 0.0421. The third kappa shape index (κ3) is 2.29. The van der Waals surface area contributed by atoms with E-state index < -0.39 is 5.60 Å². The van der Waals surface area contributed by atoms with Crippen molar-refractivity contribution in [3.05, 3.63) is 11.7 Å². The number of methoxy groups -OCH3 is 1. The molecule has 1 saturated heterocycles. The summed E-state index contributed by atoms with van der Waals surface area (Å²) in [6, 6.07) is 0. The van der Waals surface area contributed by atoms with Gasteiger partial charge in [0.2, 0.25) is 11.7 Å². The lowest BCUT2D eigenvalue weighted by Crippen LogP contribution is -2.28. The molecule has 0 bridgehead atoms. The zero-order chi connectivity index (χ0) is 13.2. The average Bonchev–Trinajstić information content (AvgIpc) is 3.01. The first-order chi connectivity index (χ1) is 8.66. The van der Waals surface area contributed by atoms with E-state index in [-0.39, 0.29) is 12.0 Å². The molecule has 0 aliphatic carbocycles. The Morgan fingerprint density at radius 1 is 1.44 bits per heavy atom. The molecule has 0 spiro atoms. The van der Waals surface area contributed by atoms with Gasteiger partial charge >= 0.3 is 0 Å². The van der Waals surface area contributed by atoms with Gasteiger partial charge < -0.3 is 14.4 Å². The lowest BCUT2D eigenvalue weighted by atomic mass is 9.96. The van der Waals surface area contributed by atoms with Crippen molar-refractivity contribution >= 4 is 11.8 Å². The summed E-state index contributed by atoms with van der Waals surface area (Å²) in [5, 5.41) is 13.9. The van der Waals surface area contributed by atoms with Gasteiger partial charge in [-0.25, -0.2) is 0 Å².